The van der Waals surface area contributed by atoms with E-state index in [-0.39, 0.29) is 11.3 Å². The molecule has 1 aromatic rings. The second-order valence-corrected chi connectivity index (χ2v) is 2.60. The third-order valence-corrected chi connectivity index (χ3v) is 1.63. The average molecular weight is 196 g/mol. The fourth-order valence-corrected chi connectivity index (χ4v) is 0.988. The van der Waals surface area contributed by atoms with Crippen molar-refractivity contribution in [1.82, 2.24) is 5.06 Å². The van der Waals surface area contributed by atoms with Crippen LogP contribution in [0.4, 0.5) is 5.69 Å². The zero-order valence-electron chi connectivity index (χ0n) is 7.38. The summed E-state index contributed by atoms with van der Waals surface area (Å²) in [5.41, 5.74) is -0.457. The Kier molecular flexibility index (Phi) is 2.78. The minimum Gasteiger partial charge on any atom is -0.286 e. The number of carbonyl (C=O) groups excluding carboxylic acids is 1. The van der Waals surface area contributed by atoms with Crippen LogP contribution in [0, 0.1) is 10.1 Å². The fourth-order valence-electron chi connectivity index (χ4n) is 0.988. The van der Waals surface area contributed by atoms with Crippen LogP contribution in [0.3, 0.4) is 0 Å². The van der Waals surface area contributed by atoms with Crippen LogP contribution in [0.15, 0.2) is 24.3 Å². The molecule has 74 valence electrons. The van der Waals surface area contributed by atoms with E-state index in [1.54, 1.807) is 0 Å². The van der Waals surface area contributed by atoms with Gasteiger partial charge in [-0.2, -0.15) is 0 Å². The molecular formula is C8H8N2O4. The molecule has 1 aromatic carbocycles. The van der Waals surface area contributed by atoms with E-state index in [2.05, 4.69) is 0 Å². The molecule has 0 aliphatic rings. The Morgan fingerprint density at radius 2 is 2.07 bits per heavy atom. The van der Waals surface area contributed by atoms with Crippen LogP contribution in [0.1, 0.15) is 10.4 Å². The maximum Gasteiger partial charge on any atom is 0.283 e. The summed E-state index contributed by atoms with van der Waals surface area (Å²) in [7, 11) is 1.11. The number of para-hydroxylation sites is 1. The van der Waals surface area contributed by atoms with Gasteiger partial charge < -0.3 is 0 Å². The van der Waals surface area contributed by atoms with E-state index in [1.807, 2.05) is 0 Å². The van der Waals surface area contributed by atoms with E-state index < -0.39 is 10.8 Å². The lowest BCUT2D eigenvalue weighted by Crippen LogP contribution is -2.23. The van der Waals surface area contributed by atoms with Gasteiger partial charge >= 0.3 is 0 Å². The van der Waals surface area contributed by atoms with Gasteiger partial charge in [0, 0.05) is 13.1 Å². The fraction of sp³-hybridized carbons (Fsp3) is 0.125. The van der Waals surface area contributed by atoms with E-state index in [9.17, 15) is 14.9 Å². The van der Waals surface area contributed by atoms with Crippen molar-refractivity contribution in [2.75, 3.05) is 7.05 Å². The Bertz CT molecular complexity index is 375. The van der Waals surface area contributed by atoms with E-state index >= 15 is 0 Å². The van der Waals surface area contributed by atoms with Gasteiger partial charge in [0.15, 0.2) is 0 Å². The summed E-state index contributed by atoms with van der Waals surface area (Å²) in [6, 6.07) is 5.43. The molecule has 0 aliphatic carbocycles. The monoisotopic (exact) mass is 196 g/mol. The van der Waals surface area contributed by atoms with E-state index in [0.29, 0.717) is 5.06 Å². The first-order valence-electron chi connectivity index (χ1n) is 3.74. The number of rotatable bonds is 2. The van der Waals surface area contributed by atoms with Crippen LogP contribution in [-0.2, 0) is 0 Å². The van der Waals surface area contributed by atoms with Gasteiger partial charge in [0.1, 0.15) is 5.56 Å². The summed E-state index contributed by atoms with van der Waals surface area (Å²) in [6.07, 6.45) is 0. The summed E-state index contributed by atoms with van der Waals surface area (Å²) in [5.74, 6) is -0.808. The van der Waals surface area contributed by atoms with Gasteiger partial charge in [0.25, 0.3) is 11.6 Å². The minimum atomic E-state index is -0.808. The highest BCUT2D eigenvalue weighted by molar-refractivity contribution is 5.97. The number of nitro groups is 1. The maximum atomic E-state index is 11.2. The first kappa shape index (κ1) is 10.1. The molecule has 0 radical (unpaired) electrons. The molecule has 1 amide bonds. The predicted molar refractivity (Wildman–Crippen MR) is 47.0 cm³/mol. The highest BCUT2D eigenvalue weighted by atomic mass is 16.6. The largest absolute Gasteiger partial charge is 0.286 e. The molecule has 0 saturated heterocycles. The molecule has 0 heterocycles. The molecule has 0 atom stereocenters. The summed E-state index contributed by atoms with van der Waals surface area (Å²) in [4.78, 5) is 21.1. The molecule has 0 bridgehead atoms. The number of hydrogen-bond acceptors (Lipinski definition) is 4. The van der Waals surface area contributed by atoms with Crippen molar-refractivity contribution < 1.29 is 14.9 Å². The third kappa shape index (κ3) is 1.86. The van der Waals surface area contributed by atoms with Gasteiger partial charge in [0.05, 0.1) is 4.92 Å². The molecule has 6 heteroatoms. The Morgan fingerprint density at radius 3 is 2.57 bits per heavy atom. The van der Waals surface area contributed by atoms with E-state index in [0.717, 1.165) is 7.05 Å². The van der Waals surface area contributed by atoms with Crippen LogP contribution in [0.2, 0.25) is 0 Å². The Morgan fingerprint density at radius 1 is 1.50 bits per heavy atom. The molecule has 14 heavy (non-hydrogen) atoms. The molecule has 1 N–H and O–H groups in total. The van der Waals surface area contributed by atoms with Gasteiger partial charge in [-0.05, 0) is 6.07 Å². The molecule has 0 unspecified atom stereocenters. The van der Waals surface area contributed by atoms with Crippen LogP contribution < -0.4 is 0 Å². The zero-order chi connectivity index (χ0) is 10.7. The SMILES string of the molecule is CN(O)C(=O)c1ccccc1[N+](=O)[O-]. The standard InChI is InChI=1S/C8H8N2O4/c1-9(12)8(11)6-4-2-3-5-7(6)10(13)14/h2-5,12H,1H3. The van der Waals surface area contributed by atoms with Crippen molar-refractivity contribution in [3.8, 4) is 0 Å². The molecule has 0 saturated carbocycles. The number of hydrogen-bond donors (Lipinski definition) is 1. The number of hydroxylamine groups is 2. The smallest absolute Gasteiger partial charge is 0.283 e. The molecule has 0 spiro atoms. The van der Waals surface area contributed by atoms with Gasteiger partial charge in [0.2, 0.25) is 0 Å². The second-order valence-electron chi connectivity index (χ2n) is 2.60. The quantitative estimate of drug-likeness (QED) is 0.435. The van der Waals surface area contributed by atoms with Crippen molar-refractivity contribution >= 4 is 11.6 Å². The summed E-state index contributed by atoms with van der Waals surface area (Å²) in [5, 5.41) is 19.7. The Labute approximate surface area is 79.5 Å². The topological polar surface area (TPSA) is 83.7 Å². The maximum absolute atomic E-state index is 11.2. The summed E-state index contributed by atoms with van der Waals surface area (Å²) >= 11 is 0. The predicted octanol–water partition coefficient (Wildman–Crippen LogP) is 1.06. The molecular weight excluding hydrogens is 188 g/mol. The zero-order valence-corrected chi connectivity index (χ0v) is 7.38. The number of nitro benzene ring substituents is 1. The van der Waals surface area contributed by atoms with Crippen LogP contribution in [-0.4, -0.2) is 28.1 Å². The normalized spacial score (nSPS) is 9.57. The number of nitrogens with zero attached hydrogens (tertiary/aromatic N) is 2. The van der Waals surface area contributed by atoms with E-state index in [1.165, 1.54) is 24.3 Å². The summed E-state index contributed by atoms with van der Waals surface area (Å²) in [6.45, 7) is 0. The lowest BCUT2D eigenvalue weighted by atomic mass is 10.1. The van der Waals surface area contributed by atoms with Crippen LogP contribution in [0.25, 0.3) is 0 Å². The van der Waals surface area contributed by atoms with Crippen molar-refractivity contribution in [1.29, 1.82) is 0 Å². The first-order valence-corrected chi connectivity index (χ1v) is 3.74. The van der Waals surface area contributed by atoms with Crippen LogP contribution in [0.5, 0.6) is 0 Å². The second kappa shape index (κ2) is 3.84. The summed E-state index contributed by atoms with van der Waals surface area (Å²) < 4.78 is 0. The lowest BCUT2D eigenvalue weighted by molar-refractivity contribution is -0.385. The molecule has 0 aliphatic heterocycles. The minimum absolute atomic E-state index is 0.137. The van der Waals surface area contributed by atoms with Gasteiger partial charge in [-0.1, -0.05) is 12.1 Å². The van der Waals surface area contributed by atoms with Crippen molar-refractivity contribution in [2.24, 2.45) is 0 Å². The van der Waals surface area contributed by atoms with Gasteiger partial charge in [-0.15, -0.1) is 0 Å². The Balaban J connectivity index is 3.20. The third-order valence-electron chi connectivity index (χ3n) is 1.63. The highest BCUT2D eigenvalue weighted by Gasteiger charge is 2.20. The first-order chi connectivity index (χ1) is 6.54. The van der Waals surface area contributed by atoms with Crippen molar-refractivity contribution in [3.05, 3.63) is 39.9 Å². The lowest BCUT2D eigenvalue weighted by Gasteiger charge is -2.07. The van der Waals surface area contributed by atoms with Crippen molar-refractivity contribution in [3.63, 3.8) is 0 Å². The molecule has 1 rings (SSSR count). The van der Waals surface area contributed by atoms with Crippen LogP contribution >= 0.6 is 0 Å². The Hall–Kier alpha value is -1.95. The number of amides is 1. The van der Waals surface area contributed by atoms with Gasteiger partial charge in [-0.3, -0.25) is 20.1 Å². The van der Waals surface area contributed by atoms with Crippen molar-refractivity contribution in [2.45, 2.75) is 0 Å². The average Bonchev–Trinajstić information content (AvgIpc) is 2.16. The van der Waals surface area contributed by atoms with E-state index in [4.69, 9.17) is 5.21 Å². The molecule has 6 nitrogen and oxygen atoms in total. The van der Waals surface area contributed by atoms with Gasteiger partial charge in [-0.25, -0.2) is 5.06 Å². The molecule has 0 aromatic heterocycles. The molecule has 0 fully saturated rings. The number of benzene rings is 1. The number of carbonyl (C=O) groups is 1. The highest BCUT2D eigenvalue weighted by Crippen LogP contribution is 2.18.